The lowest BCUT2D eigenvalue weighted by Crippen LogP contribution is -1.91. The van der Waals surface area contributed by atoms with E-state index in [0.717, 1.165) is 16.8 Å². The van der Waals surface area contributed by atoms with Gasteiger partial charge in [0.2, 0.25) is 0 Å². The highest BCUT2D eigenvalue weighted by atomic mass is 16.5. The highest BCUT2D eigenvalue weighted by molar-refractivity contribution is 5.84. The Balaban J connectivity index is 2.08. The van der Waals surface area contributed by atoms with Gasteiger partial charge < -0.3 is 10.3 Å². The highest BCUT2D eigenvalue weighted by Gasteiger charge is 2.18. The highest BCUT2D eigenvalue weighted by Crippen LogP contribution is 2.35. The fourth-order valence-corrected chi connectivity index (χ4v) is 2.28. The SMILES string of the molecule is CC(C)c1ccc(-c2onc(N)c2-c2ccccn2)cc1. The van der Waals surface area contributed by atoms with Gasteiger partial charge >= 0.3 is 0 Å². The number of nitrogens with two attached hydrogens (primary N) is 1. The number of rotatable bonds is 3. The molecule has 21 heavy (non-hydrogen) atoms. The minimum Gasteiger partial charge on any atom is -0.380 e. The van der Waals surface area contributed by atoms with E-state index in [1.165, 1.54) is 5.56 Å². The van der Waals surface area contributed by atoms with E-state index < -0.39 is 0 Å². The molecule has 0 unspecified atom stereocenters. The molecule has 0 bridgehead atoms. The quantitative estimate of drug-likeness (QED) is 0.783. The van der Waals surface area contributed by atoms with E-state index in [9.17, 15) is 0 Å². The van der Waals surface area contributed by atoms with E-state index in [0.29, 0.717) is 17.5 Å². The number of benzene rings is 1. The van der Waals surface area contributed by atoms with Crippen LogP contribution in [0.1, 0.15) is 25.3 Å². The topological polar surface area (TPSA) is 64.9 Å². The van der Waals surface area contributed by atoms with Crippen LogP contribution in [0.15, 0.2) is 53.2 Å². The van der Waals surface area contributed by atoms with Crippen LogP contribution < -0.4 is 5.73 Å². The van der Waals surface area contributed by atoms with Gasteiger partial charge in [0.15, 0.2) is 11.6 Å². The van der Waals surface area contributed by atoms with Crippen LogP contribution in [0.4, 0.5) is 5.82 Å². The number of nitrogen functional groups attached to an aromatic ring is 1. The Hall–Kier alpha value is -2.62. The Bertz CT molecular complexity index is 730. The molecule has 0 aliphatic rings. The summed E-state index contributed by atoms with van der Waals surface area (Å²) in [4.78, 5) is 4.33. The Morgan fingerprint density at radius 3 is 2.43 bits per heavy atom. The van der Waals surface area contributed by atoms with Crippen molar-refractivity contribution in [2.75, 3.05) is 5.73 Å². The zero-order chi connectivity index (χ0) is 14.8. The van der Waals surface area contributed by atoms with Gasteiger partial charge in [-0.3, -0.25) is 4.98 Å². The normalized spacial score (nSPS) is 11.0. The molecule has 1 aromatic carbocycles. The van der Waals surface area contributed by atoms with Gasteiger partial charge in [0.1, 0.15) is 0 Å². The Morgan fingerprint density at radius 2 is 1.81 bits per heavy atom. The molecule has 4 nitrogen and oxygen atoms in total. The van der Waals surface area contributed by atoms with E-state index in [1.54, 1.807) is 6.20 Å². The summed E-state index contributed by atoms with van der Waals surface area (Å²) in [6, 6.07) is 13.9. The van der Waals surface area contributed by atoms with Gasteiger partial charge in [0.25, 0.3) is 0 Å². The summed E-state index contributed by atoms with van der Waals surface area (Å²) in [6.45, 7) is 4.33. The molecule has 2 N–H and O–H groups in total. The maximum Gasteiger partial charge on any atom is 0.178 e. The first-order chi connectivity index (χ1) is 10.2. The van der Waals surface area contributed by atoms with Gasteiger partial charge in [-0.15, -0.1) is 0 Å². The van der Waals surface area contributed by atoms with Crippen molar-refractivity contribution in [3.8, 4) is 22.6 Å². The number of nitrogens with zero attached hydrogens (tertiary/aromatic N) is 2. The molecule has 0 saturated carbocycles. The minimum atomic E-state index is 0.358. The van der Waals surface area contributed by atoms with Gasteiger partial charge in [0.05, 0.1) is 11.3 Å². The predicted molar refractivity (Wildman–Crippen MR) is 83.7 cm³/mol. The van der Waals surface area contributed by atoms with E-state index in [2.05, 4.69) is 36.1 Å². The number of hydrogen-bond donors (Lipinski definition) is 1. The van der Waals surface area contributed by atoms with Crippen molar-refractivity contribution in [2.24, 2.45) is 0 Å². The summed E-state index contributed by atoms with van der Waals surface area (Å²) >= 11 is 0. The number of pyridine rings is 1. The maximum atomic E-state index is 5.94. The van der Waals surface area contributed by atoms with E-state index in [4.69, 9.17) is 10.3 Å². The molecule has 4 heteroatoms. The molecule has 2 aromatic heterocycles. The third-order valence-electron chi connectivity index (χ3n) is 3.48. The maximum absolute atomic E-state index is 5.94. The van der Waals surface area contributed by atoms with Crippen LogP contribution in [-0.2, 0) is 0 Å². The van der Waals surface area contributed by atoms with Crippen molar-refractivity contribution >= 4 is 5.82 Å². The summed E-state index contributed by atoms with van der Waals surface area (Å²) in [6.07, 6.45) is 1.73. The Kier molecular flexibility index (Phi) is 3.44. The monoisotopic (exact) mass is 279 g/mol. The van der Waals surface area contributed by atoms with Crippen molar-refractivity contribution in [1.82, 2.24) is 10.1 Å². The summed E-state index contributed by atoms with van der Waals surface area (Å²) in [5, 5.41) is 3.89. The van der Waals surface area contributed by atoms with Crippen molar-refractivity contribution in [1.29, 1.82) is 0 Å². The van der Waals surface area contributed by atoms with E-state index in [-0.39, 0.29) is 0 Å². The fraction of sp³-hybridized carbons (Fsp3) is 0.176. The first-order valence-electron chi connectivity index (χ1n) is 6.93. The first kappa shape index (κ1) is 13.4. The fourth-order valence-electron chi connectivity index (χ4n) is 2.28. The second-order valence-corrected chi connectivity index (χ2v) is 5.26. The lowest BCUT2D eigenvalue weighted by Gasteiger charge is -2.06. The van der Waals surface area contributed by atoms with Crippen LogP contribution in [0.2, 0.25) is 0 Å². The molecule has 0 aliphatic carbocycles. The van der Waals surface area contributed by atoms with Gasteiger partial charge in [-0.05, 0) is 23.6 Å². The third-order valence-corrected chi connectivity index (χ3v) is 3.48. The summed E-state index contributed by atoms with van der Waals surface area (Å²) in [5.41, 5.74) is 9.68. The van der Waals surface area contributed by atoms with Crippen molar-refractivity contribution in [2.45, 2.75) is 19.8 Å². The minimum absolute atomic E-state index is 0.358. The molecule has 0 saturated heterocycles. The predicted octanol–water partition coefficient (Wildman–Crippen LogP) is 4.11. The average molecular weight is 279 g/mol. The second kappa shape index (κ2) is 5.40. The summed E-state index contributed by atoms with van der Waals surface area (Å²) in [7, 11) is 0. The zero-order valence-electron chi connectivity index (χ0n) is 12.1. The summed E-state index contributed by atoms with van der Waals surface area (Å²) in [5.74, 6) is 1.51. The van der Waals surface area contributed by atoms with Crippen molar-refractivity contribution in [3.05, 3.63) is 54.2 Å². The molecule has 0 atom stereocenters. The van der Waals surface area contributed by atoms with Crippen LogP contribution in [0.5, 0.6) is 0 Å². The molecule has 0 fully saturated rings. The van der Waals surface area contributed by atoms with Gasteiger partial charge in [0, 0.05) is 11.8 Å². The second-order valence-electron chi connectivity index (χ2n) is 5.26. The van der Waals surface area contributed by atoms with Crippen LogP contribution >= 0.6 is 0 Å². The number of hydrogen-bond acceptors (Lipinski definition) is 4. The van der Waals surface area contributed by atoms with Gasteiger partial charge in [-0.25, -0.2) is 0 Å². The Labute approximate surface area is 123 Å². The first-order valence-corrected chi connectivity index (χ1v) is 6.93. The van der Waals surface area contributed by atoms with Gasteiger partial charge in [-0.2, -0.15) is 0 Å². The molecule has 3 aromatic rings. The molecule has 106 valence electrons. The summed E-state index contributed by atoms with van der Waals surface area (Å²) < 4.78 is 5.42. The van der Waals surface area contributed by atoms with E-state index >= 15 is 0 Å². The molecular weight excluding hydrogens is 262 g/mol. The molecule has 0 aliphatic heterocycles. The van der Waals surface area contributed by atoms with Crippen molar-refractivity contribution < 1.29 is 4.52 Å². The van der Waals surface area contributed by atoms with Crippen LogP contribution in [0, 0.1) is 0 Å². The zero-order valence-corrected chi connectivity index (χ0v) is 12.1. The van der Waals surface area contributed by atoms with Crippen LogP contribution in [0.3, 0.4) is 0 Å². The molecular formula is C17H17N3O. The molecule has 2 heterocycles. The molecule has 3 rings (SSSR count). The smallest absolute Gasteiger partial charge is 0.178 e. The lowest BCUT2D eigenvalue weighted by molar-refractivity contribution is 0.436. The standard InChI is InChI=1S/C17H17N3O/c1-11(2)12-6-8-13(9-7-12)16-15(17(18)20-21-16)14-5-3-4-10-19-14/h3-11H,1-2H3,(H2,18,20). The van der Waals surface area contributed by atoms with Crippen LogP contribution in [-0.4, -0.2) is 10.1 Å². The lowest BCUT2D eigenvalue weighted by atomic mass is 9.99. The Morgan fingerprint density at radius 1 is 1.05 bits per heavy atom. The molecule has 0 spiro atoms. The third kappa shape index (κ3) is 2.52. The van der Waals surface area contributed by atoms with Crippen LogP contribution in [0.25, 0.3) is 22.6 Å². The van der Waals surface area contributed by atoms with Gasteiger partial charge in [-0.1, -0.05) is 49.3 Å². The van der Waals surface area contributed by atoms with E-state index in [1.807, 2.05) is 30.3 Å². The average Bonchev–Trinajstić information content (AvgIpc) is 2.90. The molecule has 0 amide bonds. The number of anilines is 1. The largest absolute Gasteiger partial charge is 0.380 e. The number of aromatic nitrogens is 2. The van der Waals surface area contributed by atoms with Crippen molar-refractivity contribution in [3.63, 3.8) is 0 Å². The molecule has 0 radical (unpaired) electrons.